The van der Waals surface area contributed by atoms with E-state index in [2.05, 4.69) is 0 Å². The van der Waals surface area contributed by atoms with E-state index < -0.39 is 12.0 Å². The van der Waals surface area contributed by atoms with E-state index in [-0.39, 0.29) is 23.3 Å². The minimum absolute atomic E-state index is 0.0461. The predicted octanol–water partition coefficient (Wildman–Crippen LogP) is 1.90. The highest BCUT2D eigenvalue weighted by atomic mass is 32.2. The smallest absolute Gasteiger partial charge is 0.326 e. The van der Waals surface area contributed by atoms with Gasteiger partial charge in [0.1, 0.15) is 17.5 Å². The van der Waals surface area contributed by atoms with Crippen LogP contribution < -0.4 is 0 Å². The molecule has 7 heteroatoms. The Labute approximate surface area is 132 Å². The van der Waals surface area contributed by atoms with Gasteiger partial charge in [-0.3, -0.25) is 4.79 Å². The molecule has 0 spiro atoms. The zero-order valence-corrected chi connectivity index (χ0v) is 13.0. The van der Waals surface area contributed by atoms with Crippen LogP contribution in [0.4, 0.5) is 0 Å². The number of amides is 1. The highest BCUT2D eigenvalue weighted by molar-refractivity contribution is 7.99. The molecule has 1 fully saturated rings. The van der Waals surface area contributed by atoms with E-state index in [4.69, 9.17) is 5.11 Å². The fourth-order valence-electron chi connectivity index (χ4n) is 2.47. The van der Waals surface area contributed by atoms with Crippen LogP contribution in [-0.4, -0.2) is 50.4 Å². The van der Waals surface area contributed by atoms with Gasteiger partial charge in [0.25, 0.3) is 0 Å². The van der Waals surface area contributed by atoms with Crippen molar-refractivity contribution in [2.45, 2.75) is 30.7 Å². The molecule has 1 aliphatic heterocycles. The van der Waals surface area contributed by atoms with Gasteiger partial charge in [-0.25, -0.2) is 4.79 Å². The van der Waals surface area contributed by atoms with Crippen LogP contribution in [-0.2, 0) is 9.59 Å². The Hall–Kier alpha value is -1.89. The van der Waals surface area contributed by atoms with Gasteiger partial charge in [0.05, 0.1) is 4.90 Å². The van der Waals surface area contributed by atoms with Crippen LogP contribution in [0.1, 0.15) is 19.8 Å². The van der Waals surface area contributed by atoms with Crippen LogP contribution in [0.2, 0.25) is 0 Å². The number of phenols is 2. The summed E-state index contributed by atoms with van der Waals surface area (Å²) in [5.41, 5.74) is 0. The summed E-state index contributed by atoms with van der Waals surface area (Å²) in [6.45, 7) is 2.22. The molecule has 0 unspecified atom stereocenters. The summed E-state index contributed by atoms with van der Waals surface area (Å²) in [6, 6.07) is 3.49. The van der Waals surface area contributed by atoms with E-state index in [1.165, 1.54) is 34.9 Å². The molecule has 2 rings (SSSR count). The minimum Gasteiger partial charge on any atom is -0.508 e. The Kier molecular flexibility index (Phi) is 5.18. The molecule has 22 heavy (non-hydrogen) atoms. The number of benzene rings is 1. The number of likely N-dealkylation sites (tertiary alicyclic amines) is 1. The standard InChI is InChI=1S/C15H19NO5S/c1-9(8-22-13-7-10(17)4-5-12(13)18)14(19)16-6-2-3-11(16)15(20)21/h4-5,7,9,11,17-18H,2-3,6,8H2,1H3,(H,20,21)/t9-,11+/m1/s1. The number of hydrogen-bond acceptors (Lipinski definition) is 5. The average molecular weight is 325 g/mol. The molecule has 0 saturated carbocycles. The Morgan fingerprint density at radius 2 is 2.14 bits per heavy atom. The van der Waals surface area contributed by atoms with Crippen molar-refractivity contribution in [3.8, 4) is 11.5 Å². The van der Waals surface area contributed by atoms with E-state index >= 15 is 0 Å². The first-order valence-electron chi connectivity index (χ1n) is 7.08. The van der Waals surface area contributed by atoms with Crippen LogP contribution >= 0.6 is 11.8 Å². The Balaban J connectivity index is 1.97. The van der Waals surface area contributed by atoms with E-state index in [1.807, 2.05) is 0 Å². The second-order valence-electron chi connectivity index (χ2n) is 5.39. The molecule has 1 saturated heterocycles. The Morgan fingerprint density at radius 3 is 2.82 bits per heavy atom. The third kappa shape index (κ3) is 3.65. The van der Waals surface area contributed by atoms with Gasteiger partial charge in [0, 0.05) is 18.2 Å². The van der Waals surface area contributed by atoms with Gasteiger partial charge < -0.3 is 20.2 Å². The van der Waals surface area contributed by atoms with Gasteiger partial charge in [-0.05, 0) is 31.0 Å². The average Bonchev–Trinajstić information content (AvgIpc) is 2.96. The van der Waals surface area contributed by atoms with Gasteiger partial charge in [-0.15, -0.1) is 11.8 Å². The number of hydrogen-bond donors (Lipinski definition) is 3. The summed E-state index contributed by atoms with van der Waals surface area (Å²) >= 11 is 1.26. The molecular formula is C15H19NO5S. The summed E-state index contributed by atoms with van der Waals surface area (Å²) in [5, 5.41) is 28.3. The maximum atomic E-state index is 12.4. The van der Waals surface area contributed by atoms with Crippen molar-refractivity contribution in [3.63, 3.8) is 0 Å². The van der Waals surface area contributed by atoms with E-state index in [1.54, 1.807) is 6.92 Å². The van der Waals surface area contributed by atoms with Gasteiger partial charge in [0.15, 0.2) is 0 Å². The first-order valence-corrected chi connectivity index (χ1v) is 8.06. The number of thioether (sulfide) groups is 1. The van der Waals surface area contributed by atoms with Crippen LogP contribution in [0.3, 0.4) is 0 Å². The zero-order valence-electron chi connectivity index (χ0n) is 12.2. The molecule has 3 N–H and O–H groups in total. The van der Waals surface area contributed by atoms with E-state index in [0.29, 0.717) is 30.0 Å². The maximum Gasteiger partial charge on any atom is 0.326 e. The normalized spacial score (nSPS) is 19.1. The summed E-state index contributed by atoms with van der Waals surface area (Å²) in [4.78, 5) is 25.4. The van der Waals surface area contributed by atoms with Crippen LogP contribution in [0.15, 0.2) is 23.1 Å². The largest absolute Gasteiger partial charge is 0.508 e. The van der Waals surface area contributed by atoms with E-state index in [0.717, 1.165) is 0 Å². The van der Waals surface area contributed by atoms with Crippen LogP contribution in [0, 0.1) is 5.92 Å². The number of aliphatic carboxylic acids is 1. The molecule has 0 radical (unpaired) electrons. The molecule has 1 aliphatic rings. The third-order valence-electron chi connectivity index (χ3n) is 3.67. The number of rotatable bonds is 5. The molecule has 1 amide bonds. The molecule has 1 aromatic carbocycles. The van der Waals surface area contributed by atoms with Crippen molar-refractivity contribution in [3.05, 3.63) is 18.2 Å². The first kappa shape index (κ1) is 16.5. The van der Waals surface area contributed by atoms with Crippen molar-refractivity contribution in [2.75, 3.05) is 12.3 Å². The number of phenolic OH excluding ortho intramolecular Hbond substituents is 2. The number of aromatic hydroxyl groups is 2. The third-order valence-corrected chi connectivity index (χ3v) is 4.98. The number of carbonyl (C=O) groups is 2. The monoisotopic (exact) mass is 325 g/mol. The Bertz CT molecular complexity index is 577. The van der Waals surface area contributed by atoms with Crippen LogP contribution in [0.25, 0.3) is 0 Å². The topological polar surface area (TPSA) is 98.1 Å². The van der Waals surface area contributed by atoms with Gasteiger partial charge >= 0.3 is 5.97 Å². The lowest BCUT2D eigenvalue weighted by Crippen LogP contribution is -2.43. The summed E-state index contributed by atoms with van der Waals surface area (Å²) in [6.07, 6.45) is 1.20. The lowest BCUT2D eigenvalue weighted by molar-refractivity contribution is -0.149. The second-order valence-corrected chi connectivity index (χ2v) is 6.45. The minimum atomic E-state index is -0.962. The number of carboxylic acids is 1. The van der Waals surface area contributed by atoms with Gasteiger partial charge in [-0.2, -0.15) is 0 Å². The van der Waals surface area contributed by atoms with Gasteiger partial charge in [0.2, 0.25) is 5.91 Å². The van der Waals surface area contributed by atoms with Crippen molar-refractivity contribution in [1.82, 2.24) is 4.90 Å². The predicted molar refractivity (Wildman–Crippen MR) is 82.0 cm³/mol. The fourth-order valence-corrected chi connectivity index (χ4v) is 3.47. The summed E-state index contributed by atoms with van der Waals surface area (Å²) in [7, 11) is 0. The Morgan fingerprint density at radius 1 is 1.41 bits per heavy atom. The molecular weight excluding hydrogens is 306 g/mol. The van der Waals surface area contributed by atoms with Crippen molar-refractivity contribution >= 4 is 23.6 Å². The summed E-state index contributed by atoms with van der Waals surface area (Å²) in [5.74, 6) is -1.02. The quantitative estimate of drug-likeness (QED) is 0.565. The van der Waals surface area contributed by atoms with Gasteiger partial charge in [-0.1, -0.05) is 6.92 Å². The molecule has 0 aromatic heterocycles. The number of carboxylic acid groups (broad SMARTS) is 1. The SMILES string of the molecule is C[C@H](CSc1cc(O)ccc1O)C(=O)N1CCC[C@H]1C(=O)O. The maximum absolute atomic E-state index is 12.4. The second kappa shape index (κ2) is 6.91. The van der Waals surface area contributed by atoms with Crippen LogP contribution in [0.5, 0.6) is 11.5 Å². The highest BCUT2D eigenvalue weighted by Crippen LogP contribution is 2.33. The first-order chi connectivity index (χ1) is 10.4. The molecule has 120 valence electrons. The molecule has 1 aromatic rings. The number of carbonyl (C=O) groups excluding carboxylic acids is 1. The van der Waals surface area contributed by atoms with Crippen molar-refractivity contribution in [2.24, 2.45) is 5.92 Å². The lowest BCUT2D eigenvalue weighted by atomic mass is 10.1. The molecule has 1 heterocycles. The molecule has 2 atom stereocenters. The van der Waals surface area contributed by atoms with Crippen molar-refractivity contribution in [1.29, 1.82) is 0 Å². The number of nitrogens with zero attached hydrogens (tertiary/aromatic N) is 1. The lowest BCUT2D eigenvalue weighted by Gasteiger charge is -2.24. The van der Waals surface area contributed by atoms with Crippen molar-refractivity contribution < 1.29 is 24.9 Å². The molecule has 6 nitrogen and oxygen atoms in total. The van der Waals surface area contributed by atoms with E-state index in [9.17, 15) is 19.8 Å². The molecule has 0 aliphatic carbocycles. The summed E-state index contributed by atoms with van der Waals surface area (Å²) < 4.78 is 0. The zero-order chi connectivity index (χ0) is 16.3. The highest BCUT2D eigenvalue weighted by Gasteiger charge is 2.35. The molecule has 0 bridgehead atoms. The fraction of sp³-hybridized carbons (Fsp3) is 0.467.